The molecule has 0 aliphatic heterocycles. The fourth-order valence-electron chi connectivity index (χ4n) is 1.61. The van der Waals surface area contributed by atoms with Crippen molar-refractivity contribution < 1.29 is 23.8 Å². The first-order valence-electron chi connectivity index (χ1n) is 6.30. The number of halogens is 1. The molecule has 0 amide bonds. The SMILES string of the molecule is CCOC(=O)/C=C(/C)Oc1cccc(C(C)(C)O)c1F. The van der Waals surface area contributed by atoms with Crippen molar-refractivity contribution in [3.05, 3.63) is 41.4 Å². The Labute approximate surface area is 117 Å². The summed E-state index contributed by atoms with van der Waals surface area (Å²) in [5.74, 6) is -1.06. The number of carbonyl (C=O) groups excluding carboxylic acids is 1. The third kappa shape index (κ3) is 4.35. The minimum Gasteiger partial charge on any atom is -0.463 e. The summed E-state index contributed by atoms with van der Waals surface area (Å²) in [6.45, 7) is 6.43. The van der Waals surface area contributed by atoms with Gasteiger partial charge in [0.05, 0.1) is 18.3 Å². The fourth-order valence-corrected chi connectivity index (χ4v) is 1.61. The molecule has 1 N–H and O–H groups in total. The molecule has 0 fully saturated rings. The largest absolute Gasteiger partial charge is 0.463 e. The Morgan fingerprint density at radius 1 is 1.45 bits per heavy atom. The molecule has 0 spiro atoms. The summed E-state index contributed by atoms with van der Waals surface area (Å²) in [4.78, 5) is 11.2. The van der Waals surface area contributed by atoms with Crippen LogP contribution < -0.4 is 4.74 Å². The van der Waals surface area contributed by atoms with Crippen LogP contribution in [0.4, 0.5) is 4.39 Å². The summed E-state index contributed by atoms with van der Waals surface area (Å²) < 4.78 is 24.2. The summed E-state index contributed by atoms with van der Waals surface area (Å²) in [5, 5.41) is 9.86. The Hall–Kier alpha value is -1.88. The van der Waals surface area contributed by atoms with Gasteiger partial charge in [-0.15, -0.1) is 0 Å². The van der Waals surface area contributed by atoms with Crippen LogP contribution in [0.2, 0.25) is 0 Å². The van der Waals surface area contributed by atoms with Crippen molar-refractivity contribution >= 4 is 5.97 Å². The number of ether oxygens (including phenoxy) is 2. The third-order valence-electron chi connectivity index (χ3n) is 2.50. The van der Waals surface area contributed by atoms with Crippen LogP contribution >= 0.6 is 0 Å². The van der Waals surface area contributed by atoms with Crippen LogP contribution in [-0.2, 0) is 15.1 Å². The lowest BCUT2D eigenvalue weighted by atomic mass is 9.97. The molecule has 0 unspecified atom stereocenters. The normalized spacial score (nSPS) is 12.2. The predicted octanol–water partition coefficient (Wildman–Crippen LogP) is 2.90. The van der Waals surface area contributed by atoms with E-state index in [0.29, 0.717) is 0 Å². The Morgan fingerprint density at radius 2 is 2.10 bits per heavy atom. The zero-order valence-electron chi connectivity index (χ0n) is 12.1. The molecule has 0 radical (unpaired) electrons. The Bertz CT molecular complexity index is 515. The molecule has 1 aromatic rings. The van der Waals surface area contributed by atoms with Gasteiger partial charge < -0.3 is 14.6 Å². The molecule has 0 saturated heterocycles. The molecule has 110 valence electrons. The third-order valence-corrected chi connectivity index (χ3v) is 2.50. The van der Waals surface area contributed by atoms with Gasteiger partial charge in [0.25, 0.3) is 0 Å². The van der Waals surface area contributed by atoms with Crippen molar-refractivity contribution in [2.45, 2.75) is 33.3 Å². The standard InChI is InChI=1S/C15H19FO4/c1-5-19-13(17)9-10(2)20-12-8-6-7-11(14(12)16)15(3,4)18/h6-9,18H,5H2,1-4H3/b10-9-. The van der Waals surface area contributed by atoms with Crippen LogP contribution in [0.1, 0.15) is 33.3 Å². The Morgan fingerprint density at radius 3 is 2.65 bits per heavy atom. The van der Waals surface area contributed by atoms with E-state index in [1.165, 1.54) is 32.9 Å². The van der Waals surface area contributed by atoms with Gasteiger partial charge in [0, 0.05) is 5.56 Å². The van der Waals surface area contributed by atoms with Gasteiger partial charge >= 0.3 is 5.97 Å². The number of allylic oxidation sites excluding steroid dienone is 1. The molecule has 4 nitrogen and oxygen atoms in total. The molecule has 20 heavy (non-hydrogen) atoms. The maximum atomic E-state index is 14.2. The zero-order chi connectivity index (χ0) is 15.3. The monoisotopic (exact) mass is 282 g/mol. The zero-order valence-corrected chi connectivity index (χ0v) is 12.1. The second kappa shape index (κ2) is 6.52. The molecule has 0 atom stereocenters. The van der Waals surface area contributed by atoms with E-state index in [0.717, 1.165) is 6.08 Å². The summed E-state index contributed by atoms with van der Waals surface area (Å²) in [6.07, 6.45) is 1.14. The number of hydrogen-bond acceptors (Lipinski definition) is 4. The molecule has 1 rings (SSSR count). The van der Waals surface area contributed by atoms with E-state index in [9.17, 15) is 14.3 Å². The summed E-state index contributed by atoms with van der Waals surface area (Å²) in [7, 11) is 0. The highest BCUT2D eigenvalue weighted by molar-refractivity contribution is 5.82. The molecule has 0 aromatic heterocycles. The Kier molecular flexibility index (Phi) is 5.27. The second-order valence-electron chi connectivity index (χ2n) is 4.79. The van der Waals surface area contributed by atoms with E-state index in [1.807, 2.05) is 0 Å². The molecule has 5 heteroatoms. The van der Waals surface area contributed by atoms with E-state index in [-0.39, 0.29) is 23.7 Å². The highest BCUT2D eigenvalue weighted by Gasteiger charge is 2.23. The topological polar surface area (TPSA) is 55.8 Å². The van der Waals surface area contributed by atoms with Gasteiger partial charge in [0.15, 0.2) is 11.6 Å². The minimum atomic E-state index is -1.32. The molecule has 0 saturated carbocycles. The van der Waals surface area contributed by atoms with Crippen LogP contribution in [0, 0.1) is 5.82 Å². The van der Waals surface area contributed by atoms with Crippen LogP contribution in [0.5, 0.6) is 5.75 Å². The lowest BCUT2D eigenvalue weighted by Gasteiger charge is -2.19. The van der Waals surface area contributed by atoms with E-state index in [4.69, 9.17) is 9.47 Å². The maximum Gasteiger partial charge on any atom is 0.334 e. The molecular weight excluding hydrogens is 263 g/mol. The molecule has 0 heterocycles. The fraction of sp³-hybridized carbons (Fsp3) is 0.400. The number of aliphatic hydroxyl groups is 1. The van der Waals surface area contributed by atoms with E-state index < -0.39 is 17.4 Å². The van der Waals surface area contributed by atoms with Crippen LogP contribution in [-0.4, -0.2) is 17.7 Å². The minimum absolute atomic E-state index is 0.0531. The smallest absolute Gasteiger partial charge is 0.334 e. The van der Waals surface area contributed by atoms with Gasteiger partial charge in [-0.25, -0.2) is 9.18 Å². The van der Waals surface area contributed by atoms with Crippen molar-refractivity contribution in [2.75, 3.05) is 6.61 Å². The molecular formula is C15H19FO4. The van der Waals surface area contributed by atoms with Crippen molar-refractivity contribution in [3.8, 4) is 5.75 Å². The lowest BCUT2D eigenvalue weighted by molar-refractivity contribution is -0.137. The average Bonchev–Trinajstić information content (AvgIpc) is 2.30. The Balaban J connectivity index is 2.97. The second-order valence-corrected chi connectivity index (χ2v) is 4.79. The van der Waals surface area contributed by atoms with Gasteiger partial charge in [-0.3, -0.25) is 0 Å². The van der Waals surface area contributed by atoms with Gasteiger partial charge in [0.1, 0.15) is 5.76 Å². The van der Waals surface area contributed by atoms with Crippen LogP contribution in [0.25, 0.3) is 0 Å². The van der Waals surface area contributed by atoms with Gasteiger partial charge in [-0.2, -0.15) is 0 Å². The first-order valence-corrected chi connectivity index (χ1v) is 6.30. The number of benzene rings is 1. The van der Waals surface area contributed by atoms with Gasteiger partial charge in [-0.1, -0.05) is 12.1 Å². The van der Waals surface area contributed by atoms with Crippen LogP contribution in [0.15, 0.2) is 30.0 Å². The van der Waals surface area contributed by atoms with Gasteiger partial charge in [0.2, 0.25) is 0 Å². The average molecular weight is 282 g/mol. The highest BCUT2D eigenvalue weighted by Crippen LogP contribution is 2.29. The predicted molar refractivity (Wildman–Crippen MR) is 72.7 cm³/mol. The van der Waals surface area contributed by atoms with Crippen molar-refractivity contribution in [2.24, 2.45) is 0 Å². The molecule has 0 bridgehead atoms. The first-order chi connectivity index (χ1) is 9.25. The lowest BCUT2D eigenvalue weighted by Crippen LogP contribution is -2.18. The maximum absolute atomic E-state index is 14.2. The number of rotatable bonds is 5. The summed E-state index contributed by atoms with van der Waals surface area (Å²) in [6, 6.07) is 4.48. The van der Waals surface area contributed by atoms with Crippen molar-refractivity contribution in [3.63, 3.8) is 0 Å². The summed E-state index contributed by atoms with van der Waals surface area (Å²) >= 11 is 0. The number of carbonyl (C=O) groups is 1. The summed E-state index contributed by atoms with van der Waals surface area (Å²) in [5.41, 5.74) is -1.19. The van der Waals surface area contributed by atoms with Gasteiger partial charge in [-0.05, 0) is 33.8 Å². The molecule has 0 aliphatic carbocycles. The van der Waals surface area contributed by atoms with Crippen molar-refractivity contribution in [1.82, 2.24) is 0 Å². The van der Waals surface area contributed by atoms with Crippen molar-refractivity contribution in [1.29, 1.82) is 0 Å². The van der Waals surface area contributed by atoms with E-state index in [1.54, 1.807) is 13.0 Å². The van der Waals surface area contributed by atoms with Crippen LogP contribution in [0.3, 0.4) is 0 Å². The quantitative estimate of drug-likeness (QED) is 0.512. The highest BCUT2D eigenvalue weighted by atomic mass is 19.1. The molecule has 1 aromatic carbocycles. The van der Waals surface area contributed by atoms with E-state index >= 15 is 0 Å². The van der Waals surface area contributed by atoms with E-state index in [2.05, 4.69) is 0 Å². The number of esters is 1. The molecule has 0 aliphatic rings. The number of hydrogen-bond donors (Lipinski definition) is 1. The first kappa shape index (κ1) is 16.2.